The largest absolute Gasteiger partial charge is 0.480 e. The highest BCUT2D eigenvalue weighted by Gasteiger charge is 2.32. The van der Waals surface area contributed by atoms with Crippen molar-refractivity contribution in [1.29, 1.82) is 0 Å². The Hall–Kier alpha value is -0.610. The van der Waals surface area contributed by atoms with Gasteiger partial charge in [0.15, 0.2) is 0 Å². The summed E-state index contributed by atoms with van der Waals surface area (Å²) in [6.45, 7) is 14.3. The maximum absolute atomic E-state index is 11.4. The van der Waals surface area contributed by atoms with E-state index in [1.54, 1.807) is 6.92 Å². The van der Waals surface area contributed by atoms with Crippen LogP contribution in [0.4, 0.5) is 0 Å². The van der Waals surface area contributed by atoms with Crippen molar-refractivity contribution in [2.45, 2.75) is 78.4 Å². The predicted octanol–water partition coefficient (Wildman–Crippen LogP) is 2.73. The fraction of sp³-hybridized carbons (Fsp3) is 0.933. The van der Waals surface area contributed by atoms with Gasteiger partial charge in [-0.2, -0.15) is 0 Å². The molecule has 0 aromatic carbocycles. The van der Waals surface area contributed by atoms with Gasteiger partial charge < -0.3 is 10.0 Å². The highest BCUT2D eigenvalue weighted by atomic mass is 16.4. The van der Waals surface area contributed by atoms with Crippen molar-refractivity contribution in [1.82, 2.24) is 10.2 Å². The first-order valence-electron chi connectivity index (χ1n) is 7.52. The zero-order chi connectivity index (χ0) is 15.1. The second kappa shape index (κ2) is 8.54. The first-order valence-corrected chi connectivity index (χ1v) is 7.52. The van der Waals surface area contributed by atoms with Gasteiger partial charge in [-0.25, -0.2) is 0 Å². The van der Waals surface area contributed by atoms with Crippen molar-refractivity contribution >= 4 is 5.97 Å². The Morgan fingerprint density at radius 1 is 1.32 bits per heavy atom. The fourth-order valence-corrected chi connectivity index (χ4v) is 2.46. The zero-order valence-electron chi connectivity index (χ0n) is 13.5. The lowest BCUT2D eigenvalue weighted by atomic mass is 9.94. The second-order valence-corrected chi connectivity index (χ2v) is 5.93. The fourth-order valence-electron chi connectivity index (χ4n) is 2.46. The average Bonchev–Trinajstić information content (AvgIpc) is 2.32. The Kier molecular flexibility index (Phi) is 8.26. The summed E-state index contributed by atoms with van der Waals surface area (Å²) in [5.41, 5.74) is -0.816. The molecule has 4 nitrogen and oxygen atoms in total. The highest BCUT2D eigenvalue weighted by Crippen LogP contribution is 2.15. The van der Waals surface area contributed by atoms with Gasteiger partial charge in [0.2, 0.25) is 0 Å². The van der Waals surface area contributed by atoms with Crippen molar-refractivity contribution in [3.05, 3.63) is 0 Å². The van der Waals surface area contributed by atoms with E-state index < -0.39 is 11.5 Å². The van der Waals surface area contributed by atoms with E-state index in [0.29, 0.717) is 12.5 Å². The van der Waals surface area contributed by atoms with Crippen LogP contribution in [0.3, 0.4) is 0 Å². The smallest absolute Gasteiger partial charge is 0.323 e. The zero-order valence-corrected chi connectivity index (χ0v) is 13.5. The molecule has 4 heteroatoms. The summed E-state index contributed by atoms with van der Waals surface area (Å²) >= 11 is 0. The molecule has 0 saturated heterocycles. The van der Waals surface area contributed by atoms with Gasteiger partial charge in [-0.15, -0.1) is 0 Å². The van der Waals surface area contributed by atoms with Crippen LogP contribution in [0.1, 0.15) is 60.8 Å². The lowest BCUT2D eigenvalue weighted by Crippen LogP contribution is -2.52. The van der Waals surface area contributed by atoms with Crippen LogP contribution < -0.4 is 5.32 Å². The van der Waals surface area contributed by atoms with Crippen LogP contribution in [0, 0.1) is 0 Å². The Labute approximate surface area is 118 Å². The van der Waals surface area contributed by atoms with E-state index in [1.807, 2.05) is 13.8 Å². The molecule has 19 heavy (non-hydrogen) atoms. The Balaban J connectivity index is 4.37. The van der Waals surface area contributed by atoms with Crippen LogP contribution in [-0.2, 0) is 4.79 Å². The van der Waals surface area contributed by atoms with E-state index in [2.05, 4.69) is 31.0 Å². The van der Waals surface area contributed by atoms with Crippen LogP contribution in [0.15, 0.2) is 0 Å². The van der Waals surface area contributed by atoms with Gasteiger partial charge in [0.05, 0.1) is 0 Å². The number of nitrogens with one attached hydrogen (secondary N) is 1. The molecule has 0 aliphatic carbocycles. The molecule has 0 rings (SSSR count). The standard InChI is InChI=1S/C15H32N2O2/c1-7-13(5)17(8-2)11-9-10-15(6,14(18)19)16-12(3)4/h12-13,16H,7-11H2,1-6H3,(H,18,19). The highest BCUT2D eigenvalue weighted by molar-refractivity contribution is 5.78. The molecule has 114 valence electrons. The van der Waals surface area contributed by atoms with E-state index in [0.717, 1.165) is 25.9 Å². The summed E-state index contributed by atoms with van der Waals surface area (Å²) < 4.78 is 0. The molecule has 0 amide bonds. The summed E-state index contributed by atoms with van der Waals surface area (Å²) in [5.74, 6) is -0.757. The van der Waals surface area contributed by atoms with Gasteiger partial charge in [0.1, 0.15) is 5.54 Å². The number of rotatable bonds is 10. The molecular formula is C15H32N2O2. The number of carboxylic acids is 1. The summed E-state index contributed by atoms with van der Waals surface area (Å²) in [4.78, 5) is 13.8. The van der Waals surface area contributed by atoms with Crippen LogP contribution in [0.2, 0.25) is 0 Å². The normalized spacial score (nSPS) is 16.6. The predicted molar refractivity (Wildman–Crippen MR) is 80.5 cm³/mol. The minimum absolute atomic E-state index is 0.179. The maximum Gasteiger partial charge on any atom is 0.323 e. The number of hydrogen-bond donors (Lipinski definition) is 2. The number of hydrogen-bond acceptors (Lipinski definition) is 3. The van der Waals surface area contributed by atoms with E-state index in [1.165, 1.54) is 0 Å². The van der Waals surface area contributed by atoms with Crippen LogP contribution >= 0.6 is 0 Å². The molecule has 0 bridgehead atoms. The molecule has 0 aromatic heterocycles. The Morgan fingerprint density at radius 2 is 1.89 bits per heavy atom. The van der Waals surface area contributed by atoms with Gasteiger partial charge in [0.25, 0.3) is 0 Å². The lowest BCUT2D eigenvalue weighted by Gasteiger charge is -2.31. The molecule has 0 aliphatic rings. The van der Waals surface area contributed by atoms with Crippen LogP contribution in [0.5, 0.6) is 0 Å². The van der Waals surface area contributed by atoms with E-state index in [-0.39, 0.29) is 6.04 Å². The van der Waals surface area contributed by atoms with Crippen LogP contribution in [0.25, 0.3) is 0 Å². The first-order chi connectivity index (χ1) is 8.76. The maximum atomic E-state index is 11.4. The molecule has 2 N–H and O–H groups in total. The number of carbonyl (C=O) groups is 1. The number of nitrogens with zero attached hydrogens (tertiary/aromatic N) is 1. The van der Waals surface area contributed by atoms with Crippen molar-refractivity contribution in [3.63, 3.8) is 0 Å². The lowest BCUT2D eigenvalue weighted by molar-refractivity contribution is -0.144. The molecule has 2 atom stereocenters. The van der Waals surface area contributed by atoms with E-state index in [4.69, 9.17) is 0 Å². The third kappa shape index (κ3) is 6.39. The van der Waals surface area contributed by atoms with Crippen molar-refractivity contribution in [2.75, 3.05) is 13.1 Å². The summed E-state index contributed by atoms with van der Waals surface area (Å²) in [6, 6.07) is 0.747. The van der Waals surface area contributed by atoms with Gasteiger partial charge in [-0.1, -0.05) is 13.8 Å². The summed E-state index contributed by atoms with van der Waals surface area (Å²) in [6.07, 6.45) is 2.70. The summed E-state index contributed by atoms with van der Waals surface area (Å²) in [5, 5.41) is 12.6. The third-order valence-electron chi connectivity index (χ3n) is 3.82. The molecular weight excluding hydrogens is 240 g/mol. The SMILES string of the molecule is CCC(C)N(CC)CCCC(C)(NC(C)C)C(=O)O. The van der Waals surface area contributed by atoms with Crippen molar-refractivity contribution < 1.29 is 9.90 Å². The summed E-state index contributed by atoms with van der Waals surface area (Å²) in [7, 11) is 0. The first kappa shape index (κ1) is 18.4. The Morgan fingerprint density at radius 3 is 2.26 bits per heavy atom. The van der Waals surface area contributed by atoms with Gasteiger partial charge in [0, 0.05) is 12.1 Å². The minimum Gasteiger partial charge on any atom is -0.480 e. The molecule has 0 heterocycles. The minimum atomic E-state index is -0.816. The third-order valence-corrected chi connectivity index (χ3v) is 3.82. The average molecular weight is 272 g/mol. The number of aliphatic carboxylic acids is 1. The monoisotopic (exact) mass is 272 g/mol. The van der Waals surface area contributed by atoms with Gasteiger partial charge >= 0.3 is 5.97 Å². The van der Waals surface area contributed by atoms with E-state index >= 15 is 0 Å². The molecule has 0 spiro atoms. The molecule has 2 unspecified atom stereocenters. The van der Waals surface area contributed by atoms with Gasteiger partial charge in [-0.3, -0.25) is 10.1 Å². The van der Waals surface area contributed by atoms with Crippen LogP contribution in [-0.4, -0.2) is 46.7 Å². The molecule has 0 saturated carbocycles. The quantitative estimate of drug-likeness (QED) is 0.642. The van der Waals surface area contributed by atoms with Crippen molar-refractivity contribution in [2.24, 2.45) is 0 Å². The van der Waals surface area contributed by atoms with Gasteiger partial charge in [-0.05, 0) is 60.0 Å². The Bertz CT molecular complexity index is 269. The van der Waals surface area contributed by atoms with E-state index in [9.17, 15) is 9.90 Å². The molecule has 0 fully saturated rings. The van der Waals surface area contributed by atoms with Crippen molar-refractivity contribution in [3.8, 4) is 0 Å². The number of carboxylic acid groups (broad SMARTS) is 1. The second-order valence-electron chi connectivity index (χ2n) is 5.93. The molecule has 0 radical (unpaired) electrons. The molecule has 0 aromatic rings. The molecule has 0 aliphatic heterocycles. The topological polar surface area (TPSA) is 52.6 Å².